The molecule has 2 rings (SSSR count). The van der Waals surface area contributed by atoms with Gasteiger partial charge < -0.3 is 0 Å². The van der Waals surface area contributed by atoms with Crippen molar-refractivity contribution in [1.82, 2.24) is 5.32 Å². The first kappa shape index (κ1) is 7.43. The van der Waals surface area contributed by atoms with Crippen LogP contribution in [0.15, 0.2) is 24.3 Å². The largest absolute Gasteiger partial charge is 0.298 e. The Bertz CT molecular complexity index is 326. The SMILES string of the molecule is O=CC1(F)NCc2ccccc21. The molecule has 0 saturated carbocycles. The van der Waals surface area contributed by atoms with Crippen molar-refractivity contribution >= 4 is 6.29 Å². The van der Waals surface area contributed by atoms with Crippen LogP contribution in [0.5, 0.6) is 0 Å². The van der Waals surface area contributed by atoms with Crippen LogP contribution in [0.4, 0.5) is 4.39 Å². The van der Waals surface area contributed by atoms with E-state index >= 15 is 0 Å². The van der Waals surface area contributed by atoms with Crippen LogP contribution in [0.3, 0.4) is 0 Å². The molecule has 0 spiro atoms. The van der Waals surface area contributed by atoms with Crippen molar-refractivity contribution in [2.75, 3.05) is 0 Å². The molecular weight excluding hydrogens is 157 g/mol. The van der Waals surface area contributed by atoms with Crippen LogP contribution >= 0.6 is 0 Å². The summed E-state index contributed by atoms with van der Waals surface area (Å²) < 4.78 is 13.6. The Morgan fingerprint density at radius 2 is 2.25 bits per heavy atom. The molecule has 0 amide bonds. The van der Waals surface area contributed by atoms with Crippen molar-refractivity contribution in [3.05, 3.63) is 35.4 Å². The second-order valence-corrected chi connectivity index (χ2v) is 2.84. The van der Waals surface area contributed by atoms with Crippen molar-refractivity contribution < 1.29 is 9.18 Å². The Morgan fingerprint density at radius 3 is 3.00 bits per heavy atom. The highest BCUT2D eigenvalue weighted by Gasteiger charge is 2.37. The molecule has 0 aliphatic carbocycles. The van der Waals surface area contributed by atoms with Crippen LogP contribution in [0.1, 0.15) is 11.1 Å². The molecule has 2 nitrogen and oxygen atoms in total. The smallest absolute Gasteiger partial charge is 0.243 e. The molecule has 1 aromatic carbocycles. The fraction of sp³-hybridized carbons (Fsp3) is 0.222. The Kier molecular flexibility index (Phi) is 1.48. The molecule has 62 valence electrons. The molecule has 0 aromatic heterocycles. The van der Waals surface area contributed by atoms with Gasteiger partial charge >= 0.3 is 0 Å². The van der Waals surface area contributed by atoms with E-state index in [1.165, 1.54) is 0 Å². The van der Waals surface area contributed by atoms with E-state index in [2.05, 4.69) is 5.32 Å². The average Bonchev–Trinajstić information content (AvgIpc) is 2.46. The standard InChI is InChI=1S/C9H8FNO/c10-9(6-12)8-4-2-1-3-7(8)5-11-9/h1-4,6,11H,5H2. The molecular formula is C9H8FNO. The number of carbonyl (C=O) groups excluding carboxylic acids is 1. The van der Waals surface area contributed by atoms with Gasteiger partial charge in [-0.15, -0.1) is 0 Å². The number of carbonyl (C=O) groups is 1. The lowest BCUT2D eigenvalue weighted by molar-refractivity contribution is -0.119. The molecule has 1 aliphatic rings. The molecule has 3 heteroatoms. The summed E-state index contributed by atoms with van der Waals surface area (Å²) in [7, 11) is 0. The fourth-order valence-electron chi connectivity index (χ4n) is 1.45. The minimum Gasteiger partial charge on any atom is -0.298 e. The first-order valence-corrected chi connectivity index (χ1v) is 3.75. The maximum Gasteiger partial charge on any atom is 0.243 e. The van der Waals surface area contributed by atoms with Gasteiger partial charge in [0.1, 0.15) is 0 Å². The highest BCUT2D eigenvalue weighted by Crippen LogP contribution is 2.30. The van der Waals surface area contributed by atoms with E-state index in [-0.39, 0.29) is 0 Å². The number of aldehydes is 1. The molecule has 12 heavy (non-hydrogen) atoms. The number of halogens is 1. The first-order valence-electron chi connectivity index (χ1n) is 3.75. The van der Waals surface area contributed by atoms with E-state index in [0.29, 0.717) is 18.4 Å². The molecule has 1 heterocycles. The summed E-state index contributed by atoms with van der Waals surface area (Å²) in [4.78, 5) is 10.5. The van der Waals surface area contributed by atoms with Gasteiger partial charge in [0, 0.05) is 12.1 Å². The van der Waals surface area contributed by atoms with Gasteiger partial charge in [0.2, 0.25) is 5.79 Å². The molecule has 1 atom stereocenters. The van der Waals surface area contributed by atoms with E-state index < -0.39 is 5.79 Å². The quantitative estimate of drug-likeness (QED) is 0.499. The number of rotatable bonds is 1. The topological polar surface area (TPSA) is 29.1 Å². The second kappa shape index (κ2) is 2.38. The van der Waals surface area contributed by atoms with Gasteiger partial charge in [-0.3, -0.25) is 10.1 Å². The van der Waals surface area contributed by atoms with Gasteiger partial charge in [-0.05, 0) is 5.56 Å². The molecule has 1 aromatic rings. The summed E-state index contributed by atoms with van der Waals surface area (Å²) in [5, 5.41) is 2.51. The Balaban J connectivity index is 2.56. The van der Waals surface area contributed by atoms with Crippen LogP contribution in [0.2, 0.25) is 0 Å². The summed E-state index contributed by atoms with van der Waals surface area (Å²) in [6.07, 6.45) is 0.304. The van der Waals surface area contributed by atoms with Crippen LogP contribution in [0.25, 0.3) is 0 Å². The highest BCUT2D eigenvalue weighted by molar-refractivity contribution is 5.68. The van der Waals surface area contributed by atoms with E-state index in [9.17, 15) is 9.18 Å². The predicted molar refractivity (Wildman–Crippen MR) is 42.1 cm³/mol. The fourth-order valence-corrected chi connectivity index (χ4v) is 1.45. The summed E-state index contributed by atoms with van der Waals surface area (Å²) >= 11 is 0. The second-order valence-electron chi connectivity index (χ2n) is 2.84. The minimum atomic E-state index is -1.96. The lowest BCUT2D eigenvalue weighted by atomic mass is 10.0. The van der Waals surface area contributed by atoms with Crippen LogP contribution < -0.4 is 5.32 Å². The maximum atomic E-state index is 13.6. The average molecular weight is 165 g/mol. The lowest BCUT2D eigenvalue weighted by Gasteiger charge is -2.12. The van der Waals surface area contributed by atoms with Crippen LogP contribution in [-0.2, 0) is 17.1 Å². The number of hydrogen-bond donors (Lipinski definition) is 1. The summed E-state index contributed by atoms with van der Waals surface area (Å²) in [6.45, 7) is 0.422. The van der Waals surface area contributed by atoms with Gasteiger partial charge in [0.15, 0.2) is 6.29 Å². The zero-order valence-electron chi connectivity index (χ0n) is 6.38. The zero-order valence-corrected chi connectivity index (χ0v) is 6.38. The monoisotopic (exact) mass is 165 g/mol. The minimum absolute atomic E-state index is 0.304. The third-order valence-corrected chi connectivity index (χ3v) is 2.11. The summed E-state index contributed by atoms with van der Waals surface area (Å²) in [6, 6.07) is 7.00. The van der Waals surface area contributed by atoms with Crippen molar-refractivity contribution in [2.24, 2.45) is 0 Å². The number of fused-ring (bicyclic) bond motifs is 1. The Morgan fingerprint density at radius 1 is 1.50 bits per heavy atom. The highest BCUT2D eigenvalue weighted by atomic mass is 19.1. The maximum absolute atomic E-state index is 13.6. The molecule has 1 N–H and O–H groups in total. The van der Waals surface area contributed by atoms with E-state index in [0.717, 1.165) is 5.56 Å². The molecule has 0 bridgehead atoms. The molecule has 0 saturated heterocycles. The van der Waals surface area contributed by atoms with Crippen LogP contribution in [0, 0.1) is 0 Å². The Hall–Kier alpha value is -1.22. The van der Waals surface area contributed by atoms with Crippen LogP contribution in [-0.4, -0.2) is 6.29 Å². The molecule has 0 radical (unpaired) electrons. The van der Waals surface area contributed by atoms with E-state index in [1.54, 1.807) is 12.1 Å². The summed E-state index contributed by atoms with van der Waals surface area (Å²) in [5.41, 5.74) is 1.30. The first-order chi connectivity index (χ1) is 5.76. The molecule has 1 unspecified atom stereocenters. The van der Waals surface area contributed by atoms with Gasteiger partial charge in [-0.1, -0.05) is 24.3 Å². The van der Waals surface area contributed by atoms with Crippen molar-refractivity contribution in [3.8, 4) is 0 Å². The zero-order chi connectivity index (χ0) is 8.60. The predicted octanol–water partition coefficient (Wildman–Crippen LogP) is 1.11. The Labute approximate surface area is 69.4 Å². The van der Waals surface area contributed by atoms with Crippen molar-refractivity contribution in [1.29, 1.82) is 0 Å². The number of hydrogen-bond acceptors (Lipinski definition) is 2. The number of nitrogens with one attached hydrogen (secondary N) is 1. The third kappa shape index (κ3) is 0.865. The van der Waals surface area contributed by atoms with E-state index in [1.807, 2.05) is 12.1 Å². The van der Waals surface area contributed by atoms with Crippen molar-refractivity contribution in [2.45, 2.75) is 12.3 Å². The summed E-state index contributed by atoms with van der Waals surface area (Å²) in [5.74, 6) is -1.96. The molecule has 0 fully saturated rings. The molecule has 1 aliphatic heterocycles. The number of benzene rings is 1. The van der Waals surface area contributed by atoms with Gasteiger partial charge in [0.05, 0.1) is 0 Å². The normalized spacial score (nSPS) is 26.8. The lowest BCUT2D eigenvalue weighted by Crippen LogP contribution is -2.32. The number of alkyl halides is 1. The third-order valence-electron chi connectivity index (χ3n) is 2.11. The van der Waals surface area contributed by atoms with Gasteiger partial charge in [-0.2, -0.15) is 0 Å². The van der Waals surface area contributed by atoms with Gasteiger partial charge in [0.25, 0.3) is 0 Å². The van der Waals surface area contributed by atoms with Crippen molar-refractivity contribution in [3.63, 3.8) is 0 Å². The van der Waals surface area contributed by atoms with E-state index in [4.69, 9.17) is 0 Å². The van der Waals surface area contributed by atoms with Gasteiger partial charge in [-0.25, -0.2) is 4.39 Å².